The number of nitriles is 2. The molecule has 3 heteroatoms. The first-order valence-electron chi connectivity index (χ1n) is 8.95. The van der Waals surface area contributed by atoms with E-state index in [2.05, 4.69) is 12.1 Å². The average molecular weight is 360 g/mol. The molecule has 1 heterocycles. The minimum atomic E-state index is -0.141. The van der Waals surface area contributed by atoms with Gasteiger partial charge in [0.2, 0.25) is 0 Å². The molecule has 0 aromatic heterocycles. The Morgan fingerprint density at radius 1 is 0.786 bits per heavy atom. The lowest BCUT2D eigenvalue weighted by molar-refractivity contribution is 0.487. The first-order valence-corrected chi connectivity index (χ1v) is 8.95. The van der Waals surface area contributed by atoms with Gasteiger partial charge in [-0.25, -0.2) is 0 Å². The van der Waals surface area contributed by atoms with E-state index in [0.717, 1.165) is 28.0 Å². The Kier molecular flexibility index (Phi) is 4.74. The van der Waals surface area contributed by atoms with Crippen molar-refractivity contribution in [3.05, 3.63) is 119 Å². The predicted molar refractivity (Wildman–Crippen MR) is 108 cm³/mol. The lowest BCUT2D eigenvalue weighted by Gasteiger charge is -2.30. The van der Waals surface area contributed by atoms with Crippen molar-refractivity contribution in [1.29, 1.82) is 10.5 Å². The molecule has 0 saturated heterocycles. The fourth-order valence-electron chi connectivity index (χ4n) is 3.49. The maximum atomic E-state index is 9.36. The Morgan fingerprint density at radius 3 is 2.07 bits per heavy atom. The standard InChI is InChI=1S/C25H16N2O/c26-16-18(17-27)15-22-24(19-9-3-1-4-10-19)21-13-7-8-14-23(21)28-25(22)20-11-5-2-6-12-20/h1-15,24H. The first-order chi connectivity index (χ1) is 13.8. The molecule has 3 aromatic rings. The number of benzene rings is 3. The molecule has 0 spiro atoms. The summed E-state index contributed by atoms with van der Waals surface area (Å²) >= 11 is 0. The second-order valence-electron chi connectivity index (χ2n) is 6.42. The predicted octanol–water partition coefficient (Wildman–Crippen LogP) is 5.60. The van der Waals surface area contributed by atoms with Gasteiger partial charge < -0.3 is 4.74 Å². The molecule has 3 aromatic carbocycles. The summed E-state index contributed by atoms with van der Waals surface area (Å²) in [5.74, 6) is 1.30. The van der Waals surface area contributed by atoms with Gasteiger partial charge in [0.15, 0.2) is 0 Å². The van der Waals surface area contributed by atoms with Gasteiger partial charge in [0.1, 0.15) is 29.2 Å². The molecule has 1 unspecified atom stereocenters. The van der Waals surface area contributed by atoms with Crippen molar-refractivity contribution in [3.63, 3.8) is 0 Å². The number of nitrogens with zero attached hydrogens (tertiary/aromatic N) is 2. The average Bonchev–Trinajstić information content (AvgIpc) is 2.77. The maximum absolute atomic E-state index is 9.36. The van der Waals surface area contributed by atoms with Crippen LogP contribution in [0.3, 0.4) is 0 Å². The van der Waals surface area contributed by atoms with E-state index >= 15 is 0 Å². The number of hydrogen-bond donors (Lipinski definition) is 0. The highest BCUT2D eigenvalue weighted by atomic mass is 16.5. The lowest BCUT2D eigenvalue weighted by atomic mass is 9.80. The number of para-hydroxylation sites is 1. The third kappa shape index (κ3) is 3.18. The second kappa shape index (κ2) is 7.66. The zero-order chi connectivity index (χ0) is 19.3. The van der Waals surface area contributed by atoms with Crippen LogP contribution in [-0.2, 0) is 0 Å². The SMILES string of the molecule is N#CC(C#N)=CC1=C(c2ccccc2)Oc2ccccc2C1c1ccccc1. The highest BCUT2D eigenvalue weighted by Crippen LogP contribution is 2.46. The summed E-state index contributed by atoms with van der Waals surface area (Å²) in [5.41, 5.74) is 3.84. The third-order valence-corrected chi connectivity index (χ3v) is 4.72. The van der Waals surface area contributed by atoms with E-state index < -0.39 is 0 Å². The molecular weight excluding hydrogens is 344 g/mol. The summed E-state index contributed by atoms with van der Waals surface area (Å²) in [5, 5.41) is 18.7. The van der Waals surface area contributed by atoms with E-state index in [0.29, 0.717) is 5.76 Å². The van der Waals surface area contributed by atoms with Gasteiger partial charge in [-0.3, -0.25) is 0 Å². The molecular formula is C25H16N2O. The van der Waals surface area contributed by atoms with E-state index in [9.17, 15) is 10.5 Å². The van der Waals surface area contributed by atoms with Crippen LogP contribution >= 0.6 is 0 Å². The molecule has 4 rings (SSSR count). The smallest absolute Gasteiger partial charge is 0.138 e. The van der Waals surface area contributed by atoms with Crippen LogP contribution in [0.5, 0.6) is 5.75 Å². The Balaban J connectivity index is 2.04. The van der Waals surface area contributed by atoms with Crippen molar-refractivity contribution in [3.8, 4) is 17.9 Å². The molecule has 0 radical (unpaired) electrons. The number of fused-ring (bicyclic) bond motifs is 1. The number of rotatable bonds is 3. The van der Waals surface area contributed by atoms with Gasteiger partial charge in [-0.15, -0.1) is 0 Å². The van der Waals surface area contributed by atoms with Crippen molar-refractivity contribution in [2.24, 2.45) is 0 Å². The Bertz CT molecular complexity index is 1130. The summed E-state index contributed by atoms with van der Waals surface area (Å²) in [6.07, 6.45) is 1.65. The Morgan fingerprint density at radius 2 is 1.39 bits per heavy atom. The molecule has 0 N–H and O–H groups in total. The zero-order valence-corrected chi connectivity index (χ0v) is 15.0. The van der Waals surface area contributed by atoms with Gasteiger partial charge in [0.25, 0.3) is 0 Å². The van der Waals surface area contributed by atoms with Crippen molar-refractivity contribution >= 4 is 5.76 Å². The van der Waals surface area contributed by atoms with E-state index in [1.165, 1.54) is 0 Å². The van der Waals surface area contributed by atoms with Crippen molar-refractivity contribution in [1.82, 2.24) is 0 Å². The van der Waals surface area contributed by atoms with Crippen molar-refractivity contribution in [2.45, 2.75) is 5.92 Å². The van der Waals surface area contributed by atoms with Gasteiger partial charge >= 0.3 is 0 Å². The van der Waals surface area contributed by atoms with Gasteiger partial charge in [-0.2, -0.15) is 10.5 Å². The van der Waals surface area contributed by atoms with Gasteiger partial charge in [0.05, 0.1) is 0 Å². The molecule has 0 saturated carbocycles. The van der Waals surface area contributed by atoms with Crippen LogP contribution < -0.4 is 4.74 Å². The van der Waals surface area contributed by atoms with E-state index in [1.807, 2.05) is 84.9 Å². The lowest BCUT2D eigenvalue weighted by Crippen LogP contribution is -2.15. The van der Waals surface area contributed by atoms with Gasteiger partial charge in [-0.05, 0) is 17.7 Å². The molecule has 3 nitrogen and oxygen atoms in total. The zero-order valence-electron chi connectivity index (χ0n) is 15.0. The fourth-order valence-corrected chi connectivity index (χ4v) is 3.49. The quantitative estimate of drug-likeness (QED) is 0.572. The second-order valence-corrected chi connectivity index (χ2v) is 6.42. The first kappa shape index (κ1) is 17.3. The van der Waals surface area contributed by atoms with Crippen LogP contribution in [0.4, 0.5) is 0 Å². The van der Waals surface area contributed by atoms with Crippen molar-refractivity contribution in [2.75, 3.05) is 0 Å². The topological polar surface area (TPSA) is 56.8 Å². The number of ether oxygens (including phenoxy) is 1. The van der Waals surface area contributed by atoms with Gasteiger partial charge in [0, 0.05) is 22.6 Å². The molecule has 0 amide bonds. The number of hydrogen-bond acceptors (Lipinski definition) is 3. The Labute approximate surface area is 164 Å². The van der Waals surface area contributed by atoms with E-state index in [4.69, 9.17) is 4.74 Å². The van der Waals surface area contributed by atoms with Crippen LogP contribution in [-0.4, -0.2) is 0 Å². The summed E-state index contributed by atoms with van der Waals surface area (Å²) < 4.78 is 6.29. The van der Waals surface area contributed by atoms with Crippen LogP contribution in [0, 0.1) is 22.7 Å². The van der Waals surface area contributed by atoms with E-state index in [-0.39, 0.29) is 11.5 Å². The van der Waals surface area contributed by atoms with Crippen LogP contribution in [0.1, 0.15) is 22.6 Å². The highest BCUT2D eigenvalue weighted by Gasteiger charge is 2.30. The molecule has 0 fully saturated rings. The Hall–Kier alpha value is -4.08. The normalized spacial score (nSPS) is 14.9. The molecule has 132 valence electrons. The summed E-state index contributed by atoms with van der Waals surface area (Å²) in [6.45, 7) is 0. The summed E-state index contributed by atoms with van der Waals surface area (Å²) in [4.78, 5) is 0. The molecule has 1 atom stereocenters. The summed E-state index contributed by atoms with van der Waals surface area (Å²) in [7, 11) is 0. The molecule has 1 aliphatic heterocycles. The summed E-state index contributed by atoms with van der Waals surface area (Å²) in [6, 6.07) is 31.7. The fraction of sp³-hybridized carbons (Fsp3) is 0.0400. The van der Waals surface area contributed by atoms with Crippen LogP contribution in [0.25, 0.3) is 5.76 Å². The van der Waals surface area contributed by atoms with Crippen molar-refractivity contribution < 1.29 is 4.74 Å². The third-order valence-electron chi connectivity index (χ3n) is 4.72. The number of allylic oxidation sites excluding steroid dienone is 3. The minimum absolute atomic E-state index is 0.0485. The van der Waals surface area contributed by atoms with Crippen LogP contribution in [0.15, 0.2) is 102 Å². The van der Waals surface area contributed by atoms with Gasteiger partial charge in [-0.1, -0.05) is 78.9 Å². The maximum Gasteiger partial charge on any atom is 0.138 e. The monoisotopic (exact) mass is 360 g/mol. The molecule has 28 heavy (non-hydrogen) atoms. The minimum Gasteiger partial charge on any atom is -0.456 e. The molecule has 0 bridgehead atoms. The van der Waals surface area contributed by atoms with E-state index in [1.54, 1.807) is 6.08 Å². The highest BCUT2D eigenvalue weighted by molar-refractivity contribution is 5.75. The molecule has 1 aliphatic rings. The molecule has 0 aliphatic carbocycles. The largest absolute Gasteiger partial charge is 0.456 e. The van der Waals surface area contributed by atoms with Crippen LogP contribution in [0.2, 0.25) is 0 Å².